The monoisotopic (exact) mass is 787 g/mol. The van der Waals surface area contributed by atoms with Gasteiger partial charge in [-0.15, -0.1) is 0 Å². The summed E-state index contributed by atoms with van der Waals surface area (Å²) in [5.41, 5.74) is 20.0. The van der Waals surface area contributed by atoms with Crippen LogP contribution in [-0.2, 0) is 6.54 Å². The number of amidine groups is 1. The number of nitrogens with one attached hydrogen (secondary N) is 2. The van der Waals surface area contributed by atoms with Gasteiger partial charge in [0.25, 0.3) is 0 Å². The fraction of sp³-hybridized carbons (Fsp3) is 0.0536. The Balaban J connectivity index is 1.12. The maximum absolute atomic E-state index is 6.73. The van der Waals surface area contributed by atoms with Crippen molar-refractivity contribution in [3.8, 4) is 27.9 Å². The predicted molar refractivity (Wildman–Crippen MR) is 257 cm³/mol. The van der Waals surface area contributed by atoms with Crippen molar-refractivity contribution in [2.75, 3.05) is 11.9 Å². The summed E-state index contributed by atoms with van der Waals surface area (Å²) >= 11 is 0. The number of nitrogens with zero attached hydrogens (tertiary/aromatic N) is 2. The van der Waals surface area contributed by atoms with Gasteiger partial charge in [-0.2, -0.15) is 0 Å². The molecule has 2 heterocycles. The van der Waals surface area contributed by atoms with Crippen molar-refractivity contribution in [3.05, 3.63) is 235 Å². The van der Waals surface area contributed by atoms with Gasteiger partial charge in [0.1, 0.15) is 12.0 Å². The van der Waals surface area contributed by atoms with E-state index in [0.717, 1.165) is 84.5 Å². The Morgan fingerprint density at radius 2 is 1.16 bits per heavy atom. The van der Waals surface area contributed by atoms with Crippen molar-refractivity contribution in [3.63, 3.8) is 0 Å². The van der Waals surface area contributed by atoms with Crippen LogP contribution in [0.3, 0.4) is 0 Å². The highest BCUT2D eigenvalue weighted by atomic mass is 15.1. The Kier molecular flexibility index (Phi) is 10.4. The molecule has 0 aliphatic carbocycles. The second-order valence-corrected chi connectivity index (χ2v) is 15.4. The first-order valence-corrected chi connectivity index (χ1v) is 20.9. The third-order valence-electron chi connectivity index (χ3n) is 11.5. The maximum Gasteiger partial charge on any atom is 0.130 e. The Hall–Kier alpha value is -7.73. The van der Waals surface area contributed by atoms with E-state index < -0.39 is 6.17 Å². The number of hydrogen-bond donors (Lipinski definition) is 3. The van der Waals surface area contributed by atoms with Gasteiger partial charge in [0.2, 0.25) is 0 Å². The quantitative estimate of drug-likeness (QED) is 0.0816. The fourth-order valence-electron chi connectivity index (χ4n) is 8.51. The molecule has 10 rings (SSSR count). The smallest absolute Gasteiger partial charge is 0.130 e. The Morgan fingerprint density at radius 1 is 0.557 bits per heavy atom. The van der Waals surface area contributed by atoms with Crippen LogP contribution in [-0.4, -0.2) is 16.9 Å². The van der Waals surface area contributed by atoms with Gasteiger partial charge in [-0.05, 0) is 86.6 Å². The summed E-state index contributed by atoms with van der Waals surface area (Å²) < 4.78 is 2.41. The van der Waals surface area contributed by atoms with Crippen LogP contribution in [0.1, 0.15) is 28.4 Å². The highest BCUT2D eigenvalue weighted by molar-refractivity contribution is 6.13. The van der Waals surface area contributed by atoms with Gasteiger partial charge in [-0.1, -0.05) is 176 Å². The first-order chi connectivity index (χ1) is 30.2. The van der Waals surface area contributed by atoms with E-state index in [2.05, 4.69) is 185 Å². The van der Waals surface area contributed by atoms with Crippen LogP contribution in [0.15, 0.2) is 217 Å². The molecule has 9 aromatic rings. The molecule has 4 N–H and O–H groups in total. The molecule has 8 aromatic carbocycles. The Labute approximate surface area is 356 Å². The van der Waals surface area contributed by atoms with Crippen molar-refractivity contribution in [1.29, 1.82) is 0 Å². The summed E-state index contributed by atoms with van der Waals surface area (Å²) in [4.78, 5) is 5.09. The molecular formula is C56H45N5. The number of aliphatic imine (C=N–C) groups is 1. The SMILES string of the molecule is NC(NC(=NCc1ccccc1)c1cccc(-c2cccc(-c3ccc4c5c(c6ccccc6n(-c6ccccc6)c6ccccc6c4c3)NCC=C5)c2)c1)c1ccccc1. The largest absolute Gasteiger partial charge is 0.381 e. The van der Waals surface area contributed by atoms with E-state index in [1.165, 1.54) is 16.3 Å². The molecule has 0 amide bonds. The van der Waals surface area contributed by atoms with Crippen molar-refractivity contribution in [2.45, 2.75) is 12.7 Å². The summed E-state index contributed by atoms with van der Waals surface area (Å²) in [6, 6.07) is 73.0. The average molecular weight is 788 g/mol. The summed E-state index contributed by atoms with van der Waals surface area (Å²) in [6.07, 6.45) is 4.09. The van der Waals surface area contributed by atoms with Gasteiger partial charge in [0.15, 0.2) is 0 Å². The van der Waals surface area contributed by atoms with E-state index >= 15 is 0 Å². The van der Waals surface area contributed by atoms with Gasteiger partial charge in [-0.3, -0.25) is 4.99 Å². The molecule has 1 aromatic heterocycles. The molecule has 294 valence electrons. The normalized spacial score (nSPS) is 12.8. The minimum absolute atomic E-state index is 0.421. The number of benzene rings is 8. The van der Waals surface area contributed by atoms with Crippen LogP contribution in [0.4, 0.5) is 5.69 Å². The van der Waals surface area contributed by atoms with Crippen LogP contribution in [0, 0.1) is 0 Å². The fourth-order valence-corrected chi connectivity index (χ4v) is 8.51. The highest BCUT2D eigenvalue weighted by Crippen LogP contribution is 2.39. The minimum atomic E-state index is -0.421. The van der Waals surface area contributed by atoms with Gasteiger partial charge in [-0.25, -0.2) is 0 Å². The van der Waals surface area contributed by atoms with Gasteiger partial charge in [0.05, 0.1) is 23.3 Å². The number of anilines is 1. The molecule has 1 aliphatic heterocycles. The molecule has 5 heteroatoms. The van der Waals surface area contributed by atoms with E-state index in [4.69, 9.17) is 10.7 Å². The molecule has 0 fully saturated rings. The number of fused-ring (bicyclic) bond motifs is 7. The minimum Gasteiger partial charge on any atom is -0.381 e. The third kappa shape index (κ3) is 7.67. The van der Waals surface area contributed by atoms with E-state index in [1.54, 1.807) is 0 Å². The first-order valence-electron chi connectivity index (χ1n) is 20.9. The van der Waals surface area contributed by atoms with Crippen LogP contribution in [0.2, 0.25) is 0 Å². The molecule has 1 unspecified atom stereocenters. The van der Waals surface area contributed by atoms with Crippen molar-refractivity contribution in [1.82, 2.24) is 9.88 Å². The van der Waals surface area contributed by atoms with Crippen LogP contribution in [0.5, 0.6) is 0 Å². The second kappa shape index (κ2) is 16.9. The lowest BCUT2D eigenvalue weighted by atomic mass is 9.94. The molecule has 0 saturated carbocycles. The van der Waals surface area contributed by atoms with Crippen molar-refractivity contribution >= 4 is 50.2 Å². The average Bonchev–Trinajstić information content (AvgIpc) is 3.38. The zero-order chi connectivity index (χ0) is 41.0. The lowest BCUT2D eigenvalue weighted by molar-refractivity contribution is 0.679. The maximum atomic E-state index is 6.73. The Bertz CT molecular complexity index is 3150. The van der Waals surface area contributed by atoms with E-state index in [0.29, 0.717) is 6.54 Å². The van der Waals surface area contributed by atoms with Crippen LogP contribution in [0.25, 0.3) is 66.6 Å². The standard InChI is InChI=1S/C56H45N5/c57-55(40-19-6-2-7-20-40)60-56(59-38-39-17-4-1-5-18-39)45-24-15-23-43(36-45)41-21-14-22-42(35-41)44-32-33-47-49-29-16-34-58-54(49)50-28-11-13-31-53(50)61(46-25-8-3-9-26-46)52-30-12-10-27-48(52)51(47)37-44/h1-33,35-37,55,58H,34,38,57H2,(H,59,60). The van der Waals surface area contributed by atoms with Gasteiger partial charge >= 0.3 is 0 Å². The number of hydrogen-bond acceptors (Lipinski definition) is 3. The number of aromatic nitrogens is 1. The predicted octanol–water partition coefficient (Wildman–Crippen LogP) is 13.0. The zero-order valence-corrected chi connectivity index (χ0v) is 33.7. The second-order valence-electron chi connectivity index (χ2n) is 15.4. The highest BCUT2D eigenvalue weighted by Gasteiger charge is 2.16. The molecule has 5 nitrogen and oxygen atoms in total. The third-order valence-corrected chi connectivity index (χ3v) is 11.5. The van der Waals surface area contributed by atoms with Crippen molar-refractivity contribution in [2.24, 2.45) is 10.7 Å². The number of nitrogens with two attached hydrogens (primary N) is 1. The van der Waals surface area contributed by atoms with Crippen LogP contribution >= 0.6 is 0 Å². The molecule has 0 saturated heterocycles. The zero-order valence-electron chi connectivity index (χ0n) is 33.7. The van der Waals surface area contributed by atoms with E-state index in [1.807, 2.05) is 48.5 Å². The van der Waals surface area contributed by atoms with E-state index in [9.17, 15) is 0 Å². The molecular weight excluding hydrogens is 743 g/mol. The summed E-state index contributed by atoms with van der Waals surface area (Å²) in [6.45, 7) is 1.30. The Morgan fingerprint density at radius 3 is 1.92 bits per heavy atom. The molecule has 0 bridgehead atoms. The molecule has 0 spiro atoms. The van der Waals surface area contributed by atoms with Crippen molar-refractivity contribution < 1.29 is 0 Å². The summed E-state index contributed by atoms with van der Waals surface area (Å²) in [7, 11) is 0. The van der Waals surface area contributed by atoms with Gasteiger partial charge in [0, 0.05) is 34.1 Å². The molecule has 1 aliphatic rings. The van der Waals surface area contributed by atoms with Crippen LogP contribution < -0.4 is 16.4 Å². The molecule has 1 atom stereocenters. The lowest BCUT2D eigenvalue weighted by Crippen LogP contribution is -2.34. The summed E-state index contributed by atoms with van der Waals surface area (Å²) in [5.74, 6) is 0.751. The number of para-hydroxylation sites is 3. The lowest BCUT2D eigenvalue weighted by Gasteiger charge is -2.18. The molecule has 61 heavy (non-hydrogen) atoms. The topological polar surface area (TPSA) is 67.4 Å². The van der Waals surface area contributed by atoms with Gasteiger partial charge < -0.3 is 20.9 Å². The number of rotatable bonds is 8. The first kappa shape index (κ1) is 37.5. The molecule has 0 radical (unpaired) electrons. The van der Waals surface area contributed by atoms with E-state index in [-0.39, 0.29) is 0 Å². The summed E-state index contributed by atoms with van der Waals surface area (Å²) in [5, 5.41) is 12.0.